The maximum absolute atomic E-state index is 11.9. The fourth-order valence-electron chi connectivity index (χ4n) is 3.45. The van der Waals surface area contributed by atoms with Crippen molar-refractivity contribution in [3.05, 3.63) is 48.4 Å². The van der Waals surface area contributed by atoms with E-state index in [1.807, 2.05) is 25.1 Å². The third kappa shape index (κ3) is 3.02. The number of hydrogen-bond acceptors (Lipinski definition) is 6. The van der Waals surface area contributed by atoms with Crippen molar-refractivity contribution >= 4 is 32.5 Å². The SMILES string of the molecule is Cc1cc2c(N3CCN(c4ccccc4S(N)(=O)=O)CC3)nccc2o1. The Labute approximate surface area is 152 Å². The summed E-state index contributed by atoms with van der Waals surface area (Å²) in [6, 6.07) is 10.7. The van der Waals surface area contributed by atoms with Gasteiger partial charge in [-0.2, -0.15) is 0 Å². The molecule has 0 radical (unpaired) electrons. The molecular formula is C18H20N4O3S. The van der Waals surface area contributed by atoms with Gasteiger partial charge in [0.1, 0.15) is 22.1 Å². The third-order valence-electron chi connectivity index (χ3n) is 4.64. The van der Waals surface area contributed by atoms with Crippen molar-refractivity contribution in [3.8, 4) is 0 Å². The molecule has 136 valence electrons. The van der Waals surface area contributed by atoms with Crippen molar-refractivity contribution in [2.75, 3.05) is 36.0 Å². The van der Waals surface area contributed by atoms with Crippen molar-refractivity contribution in [3.63, 3.8) is 0 Å². The lowest BCUT2D eigenvalue weighted by atomic mass is 10.2. The van der Waals surface area contributed by atoms with Gasteiger partial charge in [-0.25, -0.2) is 18.5 Å². The zero-order valence-corrected chi connectivity index (χ0v) is 15.2. The quantitative estimate of drug-likeness (QED) is 0.757. The van der Waals surface area contributed by atoms with E-state index in [-0.39, 0.29) is 4.90 Å². The van der Waals surface area contributed by atoms with Crippen molar-refractivity contribution in [2.24, 2.45) is 5.14 Å². The average molecular weight is 372 g/mol. The van der Waals surface area contributed by atoms with E-state index < -0.39 is 10.0 Å². The molecule has 1 fully saturated rings. The van der Waals surface area contributed by atoms with Gasteiger partial charge in [-0.05, 0) is 31.2 Å². The number of sulfonamides is 1. The van der Waals surface area contributed by atoms with Crippen LogP contribution >= 0.6 is 0 Å². The van der Waals surface area contributed by atoms with Crippen LogP contribution in [-0.2, 0) is 10.0 Å². The van der Waals surface area contributed by atoms with Gasteiger partial charge < -0.3 is 14.2 Å². The van der Waals surface area contributed by atoms with Crippen molar-refractivity contribution in [1.82, 2.24) is 4.98 Å². The van der Waals surface area contributed by atoms with Crippen LogP contribution in [0.1, 0.15) is 5.76 Å². The molecule has 2 N–H and O–H groups in total. The molecule has 0 saturated carbocycles. The molecule has 3 aromatic rings. The van der Waals surface area contributed by atoms with Crippen LogP contribution in [0.2, 0.25) is 0 Å². The van der Waals surface area contributed by atoms with Crippen molar-refractivity contribution in [2.45, 2.75) is 11.8 Å². The number of hydrogen-bond donors (Lipinski definition) is 1. The number of anilines is 2. The molecule has 2 aromatic heterocycles. The summed E-state index contributed by atoms with van der Waals surface area (Å²) in [6.45, 7) is 4.75. The van der Waals surface area contributed by atoms with Crippen LogP contribution < -0.4 is 14.9 Å². The number of primary sulfonamides is 1. The fraction of sp³-hybridized carbons (Fsp3) is 0.278. The largest absolute Gasteiger partial charge is 0.461 e. The van der Waals surface area contributed by atoms with Crippen LogP contribution in [-0.4, -0.2) is 39.6 Å². The van der Waals surface area contributed by atoms with Crippen LogP contribution in [0.5, 0.6) is 0 Å². The van der Waals surface area contributed by atoms with Gasteiger partial charge in [0.2, 0.25) is 10.0 Å². The fourth-order valence-corrected chi connectivity index (χ4v) is 4.20. The highest BCUT2D eigenvalue weighted by Crippen LogP contribution is 2.30. The molecule has 1 aromatic carbocycles. The topological polar surface area (TPSA) is 92.7 Å². The normalized spacial score (nSPS) is 15.6. The molecule has 0 unspecified atom stereocenters. The first-order valence-electron chi connectivity index (χ1n) is 8.40. The molecule has 0 amide bonds. The summed E-state index contributed by atoms with van der Waals surface area (Å²) >= 11 is 0. The second-order valence-electron chi connectivity index (χ2n) is 6.39. The Balaban J connectivity index is 1.59. The number of fused-ring (bicyclic) bond motifs is 1. The molecule has 1 aliphatic heterocycles. The van der Waals surface area contributed by atoms with Crippen molar-refractivity contribution < 1.29 is 12.8 Å². The standard InChI is InChI=1S/C18H20N4O3S/c1-13-12-14-16(25-13)6-7-20-18(14)22-10-8-21(9-11-22)15-4-2-3-5-17(15)26(19,23)24/h2-7,12H,8-11H2,1H3,(H2,19,23,24). The average Bonchev–Trinajstić information content (AvgIpc) is 3.01. The van der Waals surface area contributed by atoms with E-state index in [0.717, 1.165) is 35.6 Å². The number of aromatic nitrogens is 1. The van der Waals surface area contributed by atoms with Crippen LogP contribution in [0.15, 0.2) is 51.9 Å². The second kappa shape index (κ2) is 6.30. The monoisotopic (exact) mass is 372 g/mol. The zero-order chi connectivity index (χ0) is 18.3. The number of aryl methyl sites for hydroxylation is 1. The van der Waals surface area contributed by atoms with E-state index >= 15 is 0 Å². The van der Waals surface area contributed by atoms with Gasteiger partial charge in [0.25, 0.3) is 0 Å². The van der Waals surface area contributed by atoms with Gasteiger partial charge in [-0.1, -0.05) is 12.1 Å². The number of pyridine rings is 1. The number of piperazine rings is 1. The van der Waals surface area contributed by atoms with E-state index in [1.54, 1.807) is 24.4 Å². The third-order valence-corrected chi connectivity index (χ3v) is 5.60. The molecule has 1 aliphatic rings. The maximum Gasteiger partial charge on any atom is 0.240 e. The Kier molecular flexibility index (Phi) is 4.08. The number of para-hydroxylation sites is 1. The predicted molar refractivity (Wildman–Crippen MR) is 101 cm³/mol. The Hall–Kier alpha value is -2.58. The Morgan fingerprint density at radius 1 is 1.08 bits per heavy atom. The van der Waals surface area contributed by atoms with Gasteiger partial charge >= 0.3 is 0 Å². The smallest absolute Gasteiger partial charge is 0.240 e. The van der Waals surface area contributed by atoms with E-state index in [2.05, 4.69) is 14.8 Å². The number of nitrogens with zero attached hydrogens (tertiary/aromatic N) is 3. The zero-order valence-electron chi connectivity index (χ0n) is 14.4. The molecule has 4 rings (SSSR count). The number of benzene rings is 1. The lowest BCUT2D eigenvalue weighted by molar-refractivity contribution is 0.578. The van der Waals surface area contributed by atoms with Gasteiger partial charge in [0.05, 0.1) is 11.1 Å². The summed E-state index contributed by atoms with van der Waals surface area (Å²) < 4.78 is 29.4. The lowest BCUT2D eigenvalue weighted by Gasteiger charge is -2.37. The summed E-state index contributed by atoms with van der Waals surface area (Å²) in [7, 11) is -3.75. The molecule has 0 aliphatic carbocycles. The van der Waals surface area contributed by atoms with Gasteiger partial charge in [-0.15, -0.1) is 0 Å². The lowest BCUT2D eigenvalue weighted by Crippen LogP contribution is -2.47. The van der Waals surface area contributed by atoms with E-state index in [1.165, 1.54) is 0 Å². The molecule has 0 atom stereocenters. The second-order valence-corrected chi connectivity index (χ2v) is 7.92. The molecular weight excluding hydrogens is 352 g/mol. The first-order chi connectivity index (χ1) is 12.4. The first-order valence-corrected chi connectivity index (χ1v) is 9.95. The van der Waals surface area contributed by atoms with Crippen LogP contribution in [0.25, 0.3) is 11.0 Å². The minimum atomic E-state index is -3.75. The van der Waals surface area contributed by atoms with Crippen LogP contribution in [0, 0.1) is 6.92 Å². The molecule has 7 nitrogen and oxygen atoms in total. The molecule has 1 saturated heterocycles. The minimum absolute atomic E-state index is 0.166. The van der Waals surface area contributed by atoms with Gasteiger partial charge in [-0.3, -0.25) is 0 Å². The summed E-state index contributed by atoms with van der Waals surface area (Å²) in [5.74, 6) is 1.76. The van der Waals surface area contributed by atoms with Crippen LogP contribution in [0.4, 0.5) is 11.5 Å². The van der Waals surface area contributed by atoms with Gasteiger partial charge in [0.15, 0.2) is 0 Å². The predicted octanol–water partition coefficient (Wildman–Crippen LogP) is 2.11. The molecule has 3 heterocycles. The molecule has 8 heteroatoms. The molecule has 26 heavy (non-hydrogen) atoms. The summed E-state index contributed by atoms with van der Waals surface area (Å²) in [6.07, 6.45) is 1.75. The van der Waals surface area contributed by atoms with Gasteiger partial charge in [0, 0.05) is 32.4 Å². The Bertz CT molecular complexity index is 1050. The summed E-state index contributed by atoms with van der Waals surface area (Å²) in [5, 5.41) is 6.37. The highest BCUT2D eigenvalue weighted by Gasteiger charge is 2.24. The number of nitrogens with two attached hydrogens (primary N) is 1. The Morgan fingerprint density at radius 2 is 1.77 bits per heavy atom. The van der Waals surface area contributed by atoms with Crippen LogP contribution in [0.3, 0.4) is 0 Å². The molecule has 0 spiro atoms. The maximum atomic E-state index is 11.9. The highest BCUT2D eigenvalue weighted by molar-refractivity contribution is 7.89. The number of rotatable bonds is 3. The highest BCUT2D eigenvalue weighted by atomic mass is 32.2. The first kappa shape index (κ1) is 16.9. The minimum Gasteiger partial charge on any atom is -0.461 e. The number of furan rings is 1. The Morgan fingerprint density at radius 3 is 2.50 bits per heavy atom. The summed E-state index contributed by atoms with van der Waals surface area (Å²) in [4.78, 5) is 8.95. The molecule has 0 bridgehead atoms. The van der Waals surface area contributed by atoms with E-state index in [0.29, 0.717) is 18.8 Å². The van der Waals surface area contributed by atoms with Crippen molar-refractivity contribution in [1.29, 1.82) is 0 Å². The van der Waals surface area contributed by atoms with E-state index in [9.17, 15) is 8.42 Å². The summed E-state index contributed by atoms with van der Waals surface area (Å²) in [5.41, 5.74) is 1.48. The van der Waals surface area contributed by atoms with E-state index in [4.69, 9.17) is 9.56 Å².